The second-order valence-corrected chi connectivity index (χ2v) is 6.18. The zero-order chi connectivity index (χ0) is 17.0. The molecule has 1 saturated heterocycles. The quantitative estimate of drug-likeness (QED) is 0.759. The van der Waals surface area contributed by atoms with Crippen LogP contribution in [0.25, 0.3) is 0 Å². The van der Waals surface area contributed by atoms with Crippen molar-refractivity contribution in [3.63, 3.8) is 0 Å². The topological polar surface area (TPSA) is 73.5 Å². The summed E-state index contributed by atoms with van der Waals surface area (Å²) in [5.41, 5.74) is 4.21. The first-order chi connectivity index (χ1) is 10.9. The molecule has 3 N–H and O–H groups in total. The lowest BCUT2D eigenvalue weighted by molar-refractivity contribution is -0.125. The smallest absolute Gasteiger partial charge is 0.238 e. The molecule has 0 aromatic heterocycles. The first-order valence-corrected chi connectivity index (χ1v) is 7.95. The Labute approximate surface area is 137 Å². The molecular weight excluding hydrogens is 292 g/mol. The molecule has 2 amide bonds. The van der Waals surface area contributed by atoms with Crippen molar-refractivity contribution in [3.05, 3.63) is 28.8 Å². The van der Waals surface area contributed by atoms with E-state index in [0.29, 0.717) is 19.6 Å². The number of amides is 2. The highest BCUT2D eigenvalue weighted by molar-refractivity contribution is 5.94. The second kappa shape index (κ2) is 7.57. The largest absolute Gasteiger partial charge is 0.358 e. The molecule has 0 saturated carbocycles. The van der Waals surface area contributed by atoms with E-state index in [1.807, 2.05) is 25.7 Å². The van der Waals surface area contributed by atoms with E-state index in [4.69, 9.17) is 0 Å². The van der Waals surface area contributed by atoms with E-state index in [1.54, 1.807) is 7.05 Å². The maximum atomic E-state index is 12.3. The number of likely N-dealkylation sites (N-methyl/N-ethyl adjacent to an activating group) is 1. The van der Waals surface area contributed by atoms with Gasteiger partial charge < -0.3 is 16.0 Å². The summed E-state index contributed by atoms with van der Waals surface area (Å²) in [6.07, 6.45) is 0. The van der Waals surface area contributed by atoms with Crippen molar-refractivity contribution in [2.24, 2.45) is 0 Å². The van der Waals surface area contributed by atoms with Crippen LogP contribution in [0.5, 0.6) is 0 Å². The van der Waals surface area contributed by atoms with Crippen LogP contribution in [0.3, 0.4) is 0 Å². The number of aryl methyl sites for hydroxylation is 3. The number of nitrogens with zero attached hydrogens (tertiary/aromatic N) is 1. The lowest BCUT2D eigenvalue weighted by Crippen LogP contribution is -2.57. The van der Waals surface area contributed by atoms with Gasteiger partial charge in [0.15, 0.2) is 0 Å². The molecule has 1 unspecified atom stereocenters. The average molecular weight is 318 g/mol. The fourth-order valence-corrected chi connectivity index (χ4v) is 3.06. The summed E-state index contributed by atoms with van der Waals surface area (Å²) in [5.74, 6) is -0.0852. The van der Waals surface area contributed by atoms with Crippen molar-refractivity contribution in [1.29, 1.82) is 0 Å². The van der Waals surface area contributed by atoms with Crippen molar-refractivity contribution in [2.45, 2.75) is 26.8 Å². The van der Waals surface area contributed by atoms with Crippen LogP contribution in [0.4, 0.5) is 5.69 Å². The van der Waals surface area contributed by atoms with E-state index >= 15 is 0 Å². The fourth-order valence-electron chi connectivity index (χ4n) is 3.06. The molecule has 1 aliphatic heterocycles. The van der Waals surface area contributed by atoms with Gasteiger partial charge in [0.25, 0.3) is 0 Å². The Morgan fingerprint density at radius 2 is 1.91 bits per heavy atom. The average Bonchev–Trinajstić information content (AvgIpc) is 2.50. The van der Waals surface area contributed by atoms with Crippen molar-refractivity contribution in [1.82, 2.24) is 15.5 Å². The van der Waals surface area contributed by atoms with Gasteiger partial charge in [-0.05, 0) is 31.9 Å². The van der Waals surface area contributed by atoms with E-state index in [1.165, 1.54) is 5.56 Å². The van der Waals surface area contributed by atoms with Gasteiger partial charge in [-0.25, -0.2) is 0 Å². The molecule has 6 heteroatoms. The number of anilines is 1. The number of carbonyl (C=O) groups excluding carboxylic acids is 2. The fraction of sp³-hybridized carbons (Fsp3) is 0.529. The number of hydrogen-bond donors (Lipinski definition) is 3. The molecule has 0 aliphatic carbocycles. The maximum Gasteiger partial charge on any atom is 0.238 e. The molecule has 0 spiro atoms. The first kappa shape index (κ1) is 17.4. The molecule has 23 heavy (non-hydrogen) atoms. The standard InChI is InChI=1S/C17H26N4O2/c1-11-7-12(2)16(13(3)8-11)20-15(22)10-21-6-5-19-14(9-21)17(23)18-4/h7-8,14,19H,5-6,9-10H2,1-4H3,(H,18,23)(H,20,22). The lowest BCUT2D eigenvalue weighted by atomic mass is 10.1. The van der Waals surface area contributed by atoms with Crippen LogP contribution in [-0.2, 0) is 9.59 Å². The van der Waals surface area contributed by atoms with Gasteiger partial charge in [-0.15, -0.1) is 0 Å². The maximum absolute atomic E-state index is 12.3. The molecule has 6 nitrogen and oxygen atoms in total. The highest BCUT2D eigenvalue weighted by Gasteiger charge is 2.25. The number of hydrogen-bond acceptors (Lipinski definition) is 4. The molecule has 1 atom stereocenters. The Balaban J connectivity index is 1.96. The second-order valence-electron chi connectivity index (χ2n) is 6.18. The number of carbonyl (C=O) groups is 2. The Kier molecular flexibility index (Phi) is 5.74. The summed E-state index contributed by atoms with van der Waals surface area (Å²) in [5, 5.41) is 8.81. The summed E-state index contributed by atoms with van der Waals surface area (Å²) in [7, 11) is 1.62. The summed E-state index contributed by atoms with van der Waals surface area (Å²) in [6, 6.07) is 3.87. The molecular formula is C17H26N4O2. The molecule has 0 bridgehead atoms. The number of benzene rings is 1. The number of piperazine rings is 1. The Hall–Kier alpha value is -1.92. The zero-order valence-electron chi connectivity index (χ0n) is 14.3. The normalized spacial score (nSPS) is 18.5. The minimum absolute atomic E-state index is 0.0414. The number of rotatable bonds is 4. The van der Waals surface area contributed by atoms with Crippen molar-refractivity contribution < 1.29 is 9.59 Å². The molecule has 1 aliphatic rings. The minimum Gasteiger partial charge on any atom is -0.358 e. The molecule has 1 heterocycles. The van der Waals surface area contributed by atoms with Crippen LogP contribution in [-0.4, -0.2) is 56.0 Å². The van der Waals surface area contributed by atoms with Crippen LogP contribution in [0.15, 0.2) is 12.1 Å². The molecule has 1 aromatic rings. The van der Waals surface area contributed by atoms with Gasteiger partial charge in [0.2, 0.25) is 11.8 Å². The van der Waals surface area contributed by atoms with Gasteiger partial charge in [0.05, 0.1) is 12.6 Å². The van der Waals surface area contributed by atoms with Crippen LogP contribution < -0.4 is 16.0 Å². The Morgan fingerprint density at radius 3 is 2.52 bits per heavy atom. The van der Waals surface area contributed by atoms with Gasteiger partial charge in [0, 0.05) is 32.4 Å². The van der Waals surface area contributed by atoms with Gasteiger partial charge in [-0.3, -0.25) is 14.5 Å². The molecule has 1 aromatic carbocycles. The predicted octanol–water partition coefficient (Wildman–Crippen LogP) is 0.570. The van der Waals surface area contributed by atoms with E-state index < -0.39 is 0 Å². The monoisotopic (exact) mass is 318 g/mol. The van der Waals surface area contributed by atoms with Gasteiger partial charge in [-0.1, -0.05) is 17.7 Å². The van der Waals surface area contributed by atoms with Crippen molar-refractivity contribution in [2.75, 3.05) is 38.5 Å². The first-order valence-electron chi connectivity index (χ1n) is 7.95. The summed E-state index contributed by atoms with van der Waals surface area (Å²) < 4.78 is 0. The third-order valence-electron chi connectivity index (χ3n) is 4.13. The molecule has 126 valence electrons. The lowest BCUT2D eigenvalue weighted by Gasteiger charge is -2.32. The minimum atomic E-state index is -0.260. The summed E-state index contributed by atoms with van der Waals surface area (Å²) in [4.78, 5) is 26.1. The predicted molar refractivity (Wildman–Crippen MR) is 91.6 cm³/mol. The van der Waals surface area contributed by atoms with Crippen LogP contribution in [0.2, 0.25) is 0 Å². The Bertz CT molecular complexity index is 577. The highest BCUT2D eigenvalue weighted by atomic mass is 16.2. The molecule has 2 rings (SSSR count). The van der Waals surface area contributed by atoms with E-state index in [0.717, 1.165) is 23.4 Å². The van der Waals surface area contributed by atoms with Gasteiger partial charge in [0.1, 0.15) is 0 Å². The van der Waals surface area contributed by atoms with E-state index in [-0.39, 0.29) is 17.9 Å². The number of nitrogens with one attached hydrogen (secondary N) is 3. The highest BCUT2D eigenvalue weighted by Crippen LogP contribution is 2.21. The van der Waals surface area contributed by atoms with Crippen LogP contribution in [0.1, 0.15) is 16.7 Å². The molecule has 1 fully saturated rings. The van der Waals surface area contributed by atoms with Crippen molar-refractivity contribution in [3.8, 4) is 0 Å². The summed E-state index contributed by atoms with van der Waals surface area (Å²) in [6.45, 7) is 8.34. The van der Waals surface area contributed by atoms with E-state index in [2.05, 4.69) is 28.1 Å². The zero-order valence-corrected chi connectivity index (χ0v) is 14.3. The van der Waals surface area contributed by atoms with Gasteiger partial charge in [-0.2, -0.15) is 0 Å². The van der Waals surface area contributed by atoms with Crippen LogP contribution >= 0.6 is 0 Å². The Morgan fingerprint density at radius 1 is 1.26 bits per heavy atom. The van der Waals surface area contributed by atoms with Gasteiger partial charge >= 0.3 is 0 Å². The van der Waals surface area contributed by atoms with E-state index in [9.17, 15) is 9.59 Å². The van der Waals surface area contributed by atoms with Crippen LogP contribution in [0, 0.1) is 20.8 Å². The third-order valence-corrected chi connectivity index (χ3v) is 4.13. The molecule has 0 radical (unpaired) electrons. The SMILES string of the molecule is CNC(=O)C1CN(CC(=O)Nc2c(C)cc(C)cc2C)CCN1. The summed E-state index contributed by atoms with van der Waals surface area (Å²) >= 11 is 0. The van der Waals surface area contributed by atoms with Crippen molar-refractivity contribution >= 4 is 17.5 Å². The third kappa shape index (κ3) is 4.53.